The average molecular weight is 286 g/mol. The maximum absolute atomic E-state index is 11.2. The third-order valence-electron chi connectivity index (χ3n) is 4.13. The molecule has 112 valence electrons. The van der Waals surface area contributed by atoms with Gasteiger partial charge in [-0.15, -0.1) is 0 Å². The fourth-order valence-corrected chi connectivity index (χ4v) is 2.82. The summed E-state index contributed by atoms with van der Waals surface area (Å²) < 4.78 is 2.25. The summed E-state index contributed by atoms with van der Waals surface area (Å²) in [5.74, 6) is 1.54. The Kier molecular flexibility index (Phi) is 3.70. The summed E-state index contributed by atoms with van der Waals surface area (Å²) in [6.45, 7) is 5.40. The first kappa shape index (κ1) is 14.1. The van der Waals surface area contributed by atoms with Gasteiger partial charge < -0.3 is 9.67 Å². The van der Waals surface area contributed by atoms with Gasteiger partial charge >= 0.3 is 5.97 Å². The van der Waals surface area contributed by atoms with Gasteiger partial charge in [0.05, 0.1) is 16.6 Å². The lowest BCUT2D eigenvalue weighted by molar-refractivity contribution is 0.0697. The number of aromatic carboxylic acids is 1. The third kappa shape index (κ3) is 2.94. The van der Waals surface area contributed by atoms with E-state index in [0.29, 0.717) is 17.4 Å². The van der Waals surface area contributed by atoms with Crippen LogP contribution in [-0.4, -0.2) is 20.6 Å². The molecule has 1 heterocycles. The molecule has 21 heavy (non-hydrogen) atoms. The van der Waals surface area contributed by atoms with E-state index in [4.69, 9.17) is 4.98 Å². The van der Waals surface area contributed by atoms with Gasteiger partial charge in [-0.3, -0.25) is 0 Å². The highest BCUT2D eigenvalue weighted by molar-refractivity contribution is 5.92. The van der Waals surface area contributed by atoms with Gasteiger partial charge in [0.15, 0.2) is 0 Å². The zero-order valence-electron chi connectivity index (χ0n) is 12.7. The van der Waals surface area contributed by atoms with Gasteiger partial charge in [0.1, 0.15) is 5.82 Å². The molecule has 1 aliphatic carbocycles. The maximum atomic E-state index is 11.2. The molecule has 2 aromatic rings. The number of hydrogen-bond acceptors (Lipinski definition) is 2. The van der Waals surface area contributed by atoms with Gasteiger partial charge in [-0.05, 0) is 49.8 Å². The van der Waals surface area contributed by atoms with E-state index in [0.717, 1.165) is 29.8 Å². The lowest BCUT2D eigenvalue weighted by Gasteiger charge is -2.10. The summed E-state index contributed by atoms with van der Waals surface area (Å²) in [4.78, 5) is 15.9. The normalized spacial score (nSPS) is 15.0. The predicted molar refractivity (Wildman–Crippen MR) is 82.7 cm³/mol. The Hall–Kier alpha value is -1.84. The fraction of sp³-hybridized carbons (Fsp3) is 0.529. The van der Waals surface area contributed by atoms with Crippen molar-refractivity contribution in [2.24, 2.45) is 5.92 Å². The minimum atomic E-state index is -0.875. The number of aryl methyl sites for hydroxylation is 1. The minimum Gasteiger partial charge on any atom is -0.478 e. The van der Waals surface area contributed by atoms with E-state index in [1.165, 1.54) is 19.3 Å². The number of hydrogen-bond donors (Lipinski definition) is 1. The van der Waals surface area contributed by atoms with Crippen LogP contribution in [0, 0.1) is 5.92 Å². The molecule has 0 radical (unpaired) electrons. The van der Waals surface area contributed by atoms with Gasteiger partial charge in [0.2, 0.25) is 0 Å². The predicted octanol–water partition coefficient (Wildman–Crippen LogP) is 4.05. The second kappa shape index (κ2) is 5.51. The summed E-state index contributed by atoms with van der Waals surface area (Å²) in [6, 6.07) is 5.25. The number of benzene rings is 1. The Morgan fingerprint density at radius 3 is 2.81 bits per heavy atom. The Labute approximate surface area is 124 Å². The highest BCUT2D eigenvalue weighted by Crippen LogP contribution is 2.41. The van der Waals surface area contributed by atoms with Gasteiger partial charge in [-0.2, -0.15) is 0 Å². The van der Waals surface area contributed by atoms with E-state index in [1.54, 1.807) is 12.1 Å². The molecule has 0 amide bonds. The van der Waals surface area contributed by atoms with Crippen LogP contribution in [0.15, 0.2) is 18.2 Å². The molecule has 0 atom stereocenters. The van der Waals surface area contributed by atoms with Gasteiger partial charge in [0, 0.05) is 12.5 Å². The molecule has 0 bridgehead atoms. The fourth-order valence-electron chi connectivity index (χ4n) is 2.82. The van der Waals surface area contributed by atoms with Gasteiger partial charge in [-0.25, -0.2) is 9.78 Å². The first-order valence-electron chi connectivity index (χ1n) is 7.79. The molecule has 4 nitrogen and oxygen atoms in total. The second-order valence-corrected chi connectivity index (χ2v) is 6.44. The number of carbonyl (C=O) groups is 1. The largest absolute Gasteiger partial charge is 0.478 e. The van der Waals surface area contributed by atoms with E-state index in [-0.39, 0.29) is 0 Å². The van der Waals surface area contributed by atoms with Gasteiger partial charge in [-0.1, -0.05) is 13.8 Å². The van der Waals surface area contributed by atoms with Crippen molar-refractivity contribution in [3.05, 3.63) is 29.6 Å². The van der Waals surface area contributed by atoms with Crippen molar-refractivity contribution in [3.8, 4) is 0 Å². The summed E-state index contributed by atoms with van der Waals surface area (Å²) in [5, 5.41) is 9.18. The number of fused-ring (bicyclic) bond motifs is 1. The van der Waals surface area contributed by atoms with E-state index >= 15 is 0 Å². The molecule has 0 spiro atoms. The first-order valence-corrected chi connectivity index (χ1v) is 7.79. The number of carboxylic acid groups (broad SMARTS) is 1. The van der Waals surface area contributed by atoms with Crippen molar-refractivity contribution in [2.45, 2.75) is 52.0 Å². The van der Waals surface area contributed by atoms with Crippen molar-refractivity contribution in [1.82, 2.24) is 9.55 Å². The van der Waals surface area contributed by atoms with Crippen LogP contribution in [0.1, 0.15) is 61.6 Å². The Morgan fingerprint density at radius 2 is 2.19 bits per heavy atom. The van der Waals surface area contributed by atoms with E-state index in [1.807, 2.05) is 6.07 Å². The van der Waals surface area contributed by atoms with Crippen LogP contribution in [0.2, 0.25) is 0 Å². The van der Waals surface area contributed by atoms with Crippen LogP contribution in [0.25, 0.3) is 11.0 Å². The highest BCUT2D eigenvalue weighted by atomic mass is 16.4. The average Bonchev–Trinajstić information content (AvgIpc) is 3.21. The lowest BCUT2D eigenvalue weighted by atomic mass is 10.1. The van der Waals surface area contributed by atoms with Crippen LogP contribution in [-0.2, 0) is 6.54 Å². The zero-order valence-corrected chi connectivity index (χ0v) is 12.7. The SMILES string of the molecule is CC(C)CCCn1c(C2CC2)nc2ccc(C(=O)O)cc21. The summed E-state index contributed by atoms with van der Waals surface area (Å²) in [5.41, 5.74) is 2.24. The molecule has 0 unspecified atom stereocenters. The van der Waals surface area contributed by atoms with Crippen LogP contribution in [0.5, 0.6) is 0 Å². The second-order valence-electron chi connectivity index (χ2n) is 6.44. The Morgan fingerprint density at radius 1 is 1.43 bits per heavy atom. The molecule has 1 N–H and O–H groups in total. The van der Waals surface area contributed by atoms with Crippen molar-refractivity contribution in [1.29, 1.82) is 0 Å². The molecule has 3 rings (SSSR count). The van der Waals surface area contributed by atoms with Crippen molar-refractivity contribution in [3.63, 3.8) is 0 Å². The van der Waals surface area contributed by atoms with Crippen LogP contribution >= 0.6 is 0 Å². The minimum absolute atomic E-state index is 0.342. The Balaban J connectivity index is 1.97. The molecule has 0 saturated heterocycles. The lowest BCUT2D eigenvalue weighted by Crippen LogP contribution is -2.05. The standard InChI is InChI=1S/C17H22N2O2/c1-11(2)4-3-9-19-15-10-13(17(20)21)7-8-14(15)18-16(19)12-5-6-12/h7-8,10-12H,3-6,9H2,1-2H3,(H,20,21). The smallest absolute Gasteiger partial charge is 0.335 e. The summed E-state index contributed by atoms with van der Waals surface area (Å²) in [7, 11) is 0. The summed E-state index contributed by atoms with van der Waals surface area (Å²) >= 11 is 0. The topological polar surface area (TPSA) is 55.1 Å². The van der Waals surface area contributed by atoms with Crippen molar-refractivity contribution in [2.75, 3.05) is 0 Å². The number of imidazole rings is 1. The quantitative estimate of drug-likeness (QED) is 0.871. The molecule has 1 aliphatic rings. The van der Waals surface area contributed by atoms with Crippen molar-refractivity contribution < 1.29 is 9.90 Å². The molecular formula is C17H22N2O2. The molecule has 1 aromatic heterocycles. The number of carboxylic acids is 1. The van der Waals surface area contributed by atoms with Crippen LogP contribution in [0.4, 0.5) is 0 Å². The molecule has 1 fully saturated rings. The highest BCUT2D eigenvalue weighted by Gasteiger charge is 2.29. The van der Waals surface area contributed by atoms with Crippen molar-refractivity contribution >= 4 is 17.0 Å². The van der Waals surface area contributed by atoms with Crippen LogP contribution in [0.3, 0.4) is 0 Å². The molecule has 4 heteroatoms. The number of aromatic nitrogens is 2. The molecule has 1 aromatic carbocycles. The van der Waals surface area contributed by atoms with E-state index in [2.05, 4.69) is 18.4 Å². The zero-order chi connectivity index (χ0) is 15.0. The van der Waals surface area contributed by atoms with Gasteiger partial charge in [0.25, 0.3) is 0 Å². The number of nitrogens with zero attached hydrogens (tertiary/aromatic N) is 2. The maximum Gasteiger partial charge on any atom is 0.335 e. The number of rotatable bonds is 6. The molecular weight excluding hydrogens is 264 g/mol. The Bertz CT molecular complexity index is 669. The molecule has 0 aliphatic heterocycles. The van der Waals surface area contributed by atoms with Crippen LogP contribution < -0.4 is 0 Å². The summed E-state index contributed by atoms with van der Waals surface area (Å²) in [6.07, 6.45) is 4.71. The third-order valence-corrected chi connectivity index (χ3v) is 4.13. The van der Waals surface area contributed by atoms with E-state index in [9.17, 15) is 9.90 Å². The monoisotopic (exact) mass is 286 g/mol. The first-order chi connectivity index (χ1) is 10.1. The molecule has 1 saturated carbocycles. The van der Waals surface area contributed by atoms with E-state index < -0.39 is 5.97 Å².